The average molecular weight is 311 g/mol. The Morgan fingerprint density at radius 1 is 1.11 bits per heavy atom. The third kappa shape index (κ3) is 3.61. The third-order valence-corrected chi connectivity index (χ3v) is 13.6. The van der Waals surface area contributed by atoms with Crippen molar-refractivity contribution in [3.63, 3.8) is 0 Å². The van der Waals surface area contributed by atoms with Crippen LogP contribution in [-0.2, 0) is 13.3 Å². The number of rotatable bonds is 8. The van der Waals surface area contributed by atoms with Gasteiger partial charge in [0.15, 0.2) is 0 Å². The van der Waals surface area contributed by atoms with Crippen molar-refractivity contribution in [1.29, 1.82) is 0 Å². The fourth-order valence-electron chi connectivity index (χ4n) is 2.23. The van der Waals surface area contributed by atoms with Crippen LogP contribution in [-0.4, -0.2) is 43.6 Å². The van der Waals surface area contributed by atoms with Crippen LogP contribution in [0, 0.1) is 5.92 Å². The van der Waals surface area contributed by atoms with Crippen molar-refractivity contribution in [2.24, 2.45) is 5.92 Å². The molecule has 0 rings (SSSR count). The maximum Gasteiger partial charge on any atom is 0.513 e. The van der Waals surface area contributed by atoms with Gasteiger partial charge in [-0.15, -0.1) is 0 Å². The van der Waals surface area contributed by atoms with Gasteiger partial charge in [-0.1, -0.05) is 34.6 Å². The monoisotopic (exact) mass is 310 g/mol. The van der Waals surface area contributed by atoms with Gasteiger partial charge in [-0.05, 0) is 17.4 Å². The number of thiol groups is 1. The van der Waals surface area contributed by atoms with E-state index < -0.39 is 18.3 Å². The minimum Gasteiger partial charge on any atom is -0.376 e. The van der Waals surface area contributed by atoms with Crippen LogP contribution in [0.15, 0.2) is 0 Å². The molecule has 18 heavy (non-hydrogen) atoms. The molecule has 0 aromatic heterocycles. The van der Waals surface area contributed by atoms with Crippen molar-refractivity contribution in [2.45, 2.75) is 50.1 Å². The second-order valence-corrected chi connectivity index (χ2v) is 15.1. The molecule has 0 radical (unpaired) electrons. The summed E-state index contributed by atoms with van der Waals surface area (Å²) in [4.78, 5) is 0. The molecule has 110 valence electrons. The summed E-state index contributed by atoms with van der Waals surface area (Å²) in [6, 6.07) is 0. The predicted molar refractivity (Wildman–Crippen MR) is 86.2 cm³/mol. The molecular formula is C12H30O3SSi2. The maximum absolute atomic E-state index is 5.67. The Balaban J connectivity index is 5.35. The Kier molecular flexibility index (Phi) is 7.15. The van der Waals surface area contributed by atoms with E-state index in [0.717, 1.165) is 6.42 Å². The highest BCUT2D eigenvalue weighted by molar-refractivity contribution is 7.86. The van der Waals surface area contributed by atoms with Gasteiger partial charge in [-0.2, -0.15) is 12.6 Å². The molecule has 1 atom stereocenters. The molecule has 0 spiro atoms. The first-order chi connectivity index (χ1) is 8.14. The van der Waals surface area contributed by atoms with Crippen LogP contribution in [0.25, 0.3) is 0 Å². The smallest absolute Gasteiger partial charge is 0.376 e. The van der Waals surface area contributed by atoms with E-state index in [1.807, 2.05) is 0 Å². The molecule has 0 aromatic carbocycles. The molecule has 0 N–H and O–H groups in total. The second-order valence-electron chi connectivity index (χ2n) is 5.87. The Labute approximate surface area is 122 Å². The highest BCUT2D eigenvalue weighted by Crippen LogP contribution is 2.42. The molecule has 0 aliphatic rings. The fraction of sp³-hybridized carbons (Fsp3) is 1.00. The van der Waals surface area contributed by atoms with Crippen LogP contribution >= 0.6 is 12.6 Å². The van der Waals surface area contributed by atoms with E-state index in [-0.39, 0.29) is 3.99 Å². The van der Waals surface area contributed by atoms with E-state index in [1.165, 1.54) is 0 Å². The van der Waals surface area contributed by atoms with Gasteiger partial charge in [0.05, 0.1) is 13.5 Å². The maximum atomic E-state index is 5.67. The minimum atomic E-state index is -2.70. The SMILES string of the molecule is CC[C@](S)([SiH2]C(C)(C)C(C)C)[Si](OC)(OC)OC. The quantitative estimate of drug-likeness (QED) is 0.551. The summed E-state index contributed by atoms with van der Waals surface area (Å²) >= 11 is 4.98. The van der Waals surface area contributed by atoms with Gasteiger partial charge < -0.3 is 13.3 Å². The molecule has 3 nitrogen and oxygen atoms in total. The van der Waals surface area contributed by atoms with Crippen LogP contribution in [0.2, 0.25) is 5.04 Å². The Bertz CT molecular complexity index is 249. The predicted octanol–water partition coefficient (Wildman–Crippen LogP) is 2.46. The summed E-state index contributed by atoms with van der Waals surface area (Å²) in [6.45, 7) is 11.3. The largest absolute Gasteiger partial charge is 0.513 e. The van der Waals surface area contributed by atoms with Crippen molar-refractivity contribution in [3.05, 3.63) is 0 Å². The van der Waals surface area contributed by atoms with Gasteiger partial charge in [-0.25, -0.2) is 0 Å². The van der Waals surface area contributed by atoms with E-state index >= 15 is 0 Å². The Hall–Kier alpha value is 0.664. The van der Waals surface area contributed by atoms with Gasteiger partial charge >= 0.3 is 8.80 Å². The molecular weight excluding hydrogens is 280 g/mol. The summed E-state index contributed by atoms with van der Waals surface area (Å²) in [5.41, 5.74) is 0. The van der Waals surface area contributed by atoms with Gasteiger partial charge in [0, 0.05) is 21.3 Å². The van der Waals surface area contributed by atoms with Crippen LogP contribution in [0.5, 0.6) is 0 Å². The molecule has 0 aliphatic heterocycles. The molecule has 0 saturated carbocycles. The first-order valence-electron chi connectivity index (χ1n) is 6.52. The van der Waals surface area contributed by atoms with E-state index in [2.05, 4.69) is 34.6 Å². The lowest BCUT2D eigenvalue weighted by molar-refractivity contribution is 0.116. The molecule has 0 aliphatic carbocycles. The molecule has 0 fully saturated rings. The Morgan fingerprint density at radius 2 is 1.50 bits per heavy atom. The zero-order chi connectivity index (χ0) is 14.6. The third-order valence-electron chi connectivity index (χ3n) is 4.27. The normalized spacial score (nSPS) is 17.7. The first kappa shape index (κ1) is 18.7. The van der Waals surface area contributed by atoms with Crippen molar-refractivity contribution in [2.75, 3.05) is 21.3 Å². The van der Waals surface area contributed by atoms with Crippen molar-refractivity contribution in [3.8, 4) is 0 Å². The van der Waals surface area contributed by atoms with E-state index in [9.17, 15) is 0 Å². The summed E-state index contributed by atoms with van der Waals surface area (Å²) < 4.78 is 16.8. The molecule has 0 aromatic rings. The molecule has 0 heterocycles. The molecule has 6 heteroatoms. The van der Waals surface area contributed by atoms with Crippen LogP contribution in [0.3, 0.4) is 0 Å². The Morgan fingerprint density at radius 3 is 1.72 bits per heavy atom. The van der Waals surface area contributed by atoms with E-state index in [0.29, 0.717) is 11.0 Å². The van der Waals surface area contributed by atoms with Crippen LogP contribution < -0.4 is 0 Å². The highest BCUT2D eigenvalue weighted by atomic mass is 32.1. The number of hydrogen-bond donors (Lipinski definition) is 1. The molecule has 0 amide bonds. The molecule has 0 saturated heterocycles. The van der Waals surface area contributed by atoms with Crippen molar-refractivity contribution in [1.82, 2.24) is 0 Å². The van der Waals surface area contributed by atoms with Gasteiger partial charge in [0.25, 0.3) is 0 Å². The summed E-state index contributed by atoms with van der Waals surface area (Å²) in [6.07, 6.45) is 0.917. The van der Waals surface area contributed by atoms with Crippen LogP contribution in [0.1, 0.15) is 41.0 Å². The van der Waals surface area contributed by atoms with E-state index in [4.69, 9.17) is 25.9 Å². The minimum absolute atomic E-state index is 0.223. The van der Waals surface area contributed by atoms with Crippen molar-refractivity contribution >= 4 is 31.0 Å². The fourth-order valence-corrected chi connectivity index (χ4v) is 12.0. The van der Waals surface area contributed by atoms with Gasteiger partial charge in [0.2, 0.25) is 0 Å². The molecule has 0 bridgehead atoms. The lowest BCUT2D eigenvalue weighted by atomic mass is 9.99. The highest BCUT2D eigenvalue weighted by Gasteiger charge is 2.58. The summed E-state index contributed by atoms with van der Waals surface area (Å²) in [7, 11) is 1.75. The first-order valence-corrected chi connectivity index (χ1v) is 10.1. The lowest BCUT2D eigenvalue weighted by Gasteiger charge is -2.44. The topological polar surface area (TPSA) is 27.7 Å². The van der Waals surface area contributed by atoms with Crippen LogP contribution in [0.4, 0.5) is 0 Å². The average Bonchev–Trinajstić information content (AvgIpc) is 2.31. The number of hydrogen-bond acceptors (Lipinski definition) is 4. The van der Waals surface area contributed by atoms with Gasteiger partial charge in [0.1, 0.15) is 0 Å². The second kappa shape index (κ2) is 6.90. The lowest BCUT2D eigenvalue weighted by Crippen LogP contribution is -2.65. The summed E-state index contributed by atoms with van der Waals surface area (Å²) in [5.74, 6) is 0.625. The standard InChI is InChI=1S/C12H30O3SSi2/c1-9-12(16,17-11(4,5)10(2)3)18(13-6,14-7)15-8/h10,16H,9,17H2,1-8H3/t12-/m0/s1. The van der Waals surface area contributed by atoms with Crippen molar-refractivity contribution < 1.29 is 13.3 Å². The molecule has 0 unspecified atom stereocenters. The zero-order valence-electron chi connectivity index (χ0n) is 13.2. The van der Waals surface area contributed by atoms with Gasteiger partial charge in [-0.3, -0.25) is 0 Å². The summed E-state index contributed by atoms with van der Waals surface area (Å²) in [5, 5.41) is 0.297. The zero-order valence-corrected chi connectivity index (χ0v) is 16.5. The van der Waals surface area contributed by atoms with E-state index in [1.54, 1.807) is 21.3 Å².